The Morgan fingerprint density at radius 1 is 0.976 bits per heavy atom. The van der Waals surface area contributed by atoms with Gasteiger partial charge in [0.2, 0.25) is 0 Å². The number of hydrogen-bond donors (Lipinski definition) is 1. The molecule has 2 aromatic heterocycles. The number of methoxy groups -OCH3 is 1. The fraction of sp³-hybridized carbons (Fsp3) is 0.258. The first kappa shape index (κ1) is 30.2. The molecule has 1 N–H and O–H groups in total. The van der Waals surface area contributed by atoms with E-state index in [1.807, 2.05) is 41.8 Å². The fourth-order valence-corrected chi connectivity index (χ4v) is 5.40. The molecule has 0 fully saturated rings. The molecule has 0 saturated heterocycles. The molecule has 11 heteroatoms. The maximum Gasteiger partial charge on any atom is 0.340 e. The predicted octanol–water partition coefficient (Wildman–Crippen LogP) is 6.78. The van der Waals surface area contributed by atoms with Crippen molar-refractivity contribution in [1.82, 2.24) is 4.98 Å². The van der Waals surface area contributed by atoms with Gasteiger partial charge in [-0.15, -0.1) is 11.3 Å². The van der Waals surface area contributed by atoms with Gasteiger partial charge < -0.3 is 19.5 Å². The predicted molar refractivity (Wildman–Crippen MR) is 160 cm³/mol. The van der Waals surface area contributed by atoms with E-state index in [1.54, 1.807) is 40.0 Å². The van der Waals surface area contributed by atoms with E-state index in [2.05, 4.69) is 5.32 Å². The number of thiophene rings is 1. The van der Waals surface area contributed by atoms with Gasteiger partial charge in [-0.1, -0.05) is 18.2 Å². The van der Waals surface area contributed by atoms with Crippen LogP contribution in [0.1, 0.15) is 57.6 Å². The minimum Gasteiger partial charge on any atom is -0.497 e. The monoisotopic (exact) mass is 589 g/mol. The highest BCUT2D eigenvalue weighted by atomic mass is 32.1. The average Bonchev–Trinajstić information content (AvgIpc) is 3.52. The SMILES string of the molecule is CCOC(=O)c1c(C)nc(CC(Nc2ccc(OC)cc2)c2ccc([N+](=O)[O-])cc2)c(C(=O)OCC)c1-c1cccs1. The van der Waals surface area contributed by atoms with Crippen LogP contribution in [0.3, 0.4) is 0 Å². The Balaban J connectivity index is 1.90. The van der Waals surface area contributed by atoms with Crippen molar-refractivity contribution in [2.24, 2.45) is 0 Å². The molecule has 4 aromatic rings. The number of nitrogens with one attached hydrogen (secondary N) is 1. The number of nitro groups is 1. The third-order valence-electron chi connectivity index (χ3n) is 6.51. The van der Waals surface area contributed by atoms with Crippen molar-refractivity contribution in [3.8, 4) is 16.2 Å². The van der Waals surface area contributed by atoms with Crippen LogP contribution in [-0.2, 0) is 15.9 Å². The van der Waals surface area contributed by atoms with Crippen LogP contribution in [0, 0.1) is 17.0 Å². The summed E-state index contributed by atoms with van der Waals surface area (Å²) in [6.45, 7) is 5.42. The maximum absolute atomic E-state index is 13.6. The number of carbonyl (C=O) groups excluding carboxylic acids is 2. The summed E-state index contributed by atoms with van der Waals surface area (Å²) in [5, 5.41) is 16.6. The van der Waals surface area contributed by atoms with E-state index in [0.717, 1.165) is 11.3 Å². The van der Waals surface area contributed by atoms with Gasteiger partial charge in [0, 0.05) is 34.7 Å². The summed E-state index contributed by atoms with van der Waals surface area (Å²) in [5.74, 6) is -0.503. The van der Waals surface area contributed by atoms with Crippen LogP contribution < -0.4 is 10.1 Å². The van der Waals surface area contributed by atoms with E-state index in [4.69, 9.17) is 19.2 Å². The van der Waals surface area contributed by atoms with Crippen molar-refractivity contribution in [3.63, 3.8) is 0 Å². The first-order valence-electron chi connectivity index (χ1n) is 13.3. The Labute approximate surface area is 247 Å². The van der Waals surface area contributed by atoms with Crippen molar-refractivity contribution in [2.45, 2.75) is 33.2 Å². The lowest BCUT2D eigenvalue weighted by molar-refractivity contribution is -0.384. The molecule has 2 aromatic carbocycles. The molecule has 42 heavy (non-hydrogen) atoms. The molecule has 0 bridgehead atoms. The third-order valence-corrected chi connectivity index (χ3v) is 7.40. The van der Waals surface area contributed by atoms with E-state index in [-0.39, 0.29) is 36.4 Å². The molecule has 0 amide bonds. The molecular weight excluding hydrogens is 558 g/mol. The van der Waals surface area contributed by atoms with E-state index < -0.39 is 22.9 Å². The number of aryl methyl sites for hydroxylation is 1. The summed E-state index contributed by atoms with van der Waals surface area (Å²) in [6, 6.07) is 16.7. The maximum atomic E-state index is 13.6. The van der Waals surface area contributed by atoms with Gasteiger partial charge in [-0.2, -0.15) is 0 Å². The van der Waals surface area contributed by atoms with Crippen molar-refractivity contribution in [1.29, 1.82) is 0 Å². The average molecular weight is 590 g/mol. The van der Waals surface area contributed by atoms with Gasteiger partial charge in [-0.3, -0.25) is 15.1 Å². The Morgan fingerprint density at radius 3 is 2.17 bits per heavy atom. The summed E-state index contributed by atoms with van der Waals surface area (Å²) in [4.78, 5) is 43.0. The van der Waals surface area contributed by atoms with Gasteiger partial charge in [0.15, 0.2) is 0 Å². The minimum absolute atomic E-state index is 0.0399. The molecule has 0 saturated carbocycles. The number of ether oxygens (including phenoxy) is 3. The normalized spacial score (nSPS) is 11.4. The second-order valence-electron chi connectivity index (χ2n) is 9.17. The van der Waals surface area contributed by atoms with Crippen LogP contribution in [0.4, 0.5) is 11.4 Å². The number of nitro benzene ring substituents is 1. The van der Waals surface area contributed by atoms with Crippen molar-refractivity contribution < 1.29 is 28.7 Å². The lowest BCUT2D eigenvalue weighted by Crippen LogP contribution is -2.22. The minimum atomic E-state index is -0.610. The van der Waals surface area contributed by atoms with Crippen LogP contribution in [0.5, 0.6) is 5.75 Å². The molecule has 10 nitrogen and oxygen atoms in total. The Morgan fingerprint density at radius 2 is 1.62 bits per heavy atom. The topological polar surface area (TPSA) is 130 Å². The van der Waals surface area contributed by atoms with Crippen LogP contribution in [0.2, 0.25) is 0 Å². The number of rotatable bonds is 12. The second-order valence-corrected chi connectivity index (χ2v) is 10.1. The number of non-ortho nitro benzene ring substituents is 1. The highest BCUT2D eigenvalue weighted by Crippen LogP contribution is 2.37. The standard InChI is InChI=1S/C31H31N3O7S/c1-5-40-30(35)27-19(3)32-25(28(31(36)41-6-2)29(27)26-8-7-17-42-26)18-24(20-9-13-22(14-10-20)34(37)38)33-21-11-15-23(39-4)16-12-21/h7-17,24,33H,5-6,18H2,1-4H3. The molecule has 2 heterocycles. The molecule has 218 valence electrons. The summed E-state index contributed by atoms with van der Waals surface area (Å²) in [5.41, 5.74) is 3.07. The number of esters is 2. The van der Waals surface area contributed by atoms with E-state index in [0.29, 0.717) is 27.6 Å². The van der Waals surface area contributed by atoms with Crippen LogP contribution in [-0.4, -0.2) is 42.2 Å². The molecular formula is C31H31N3O7S. The Bertz CT molecular complexity index is 1550. The van der Waals surface area contributed by atoms with Gasteiger partial charge in [0.25, 0.3) is 5.69 Å². The molecule has 1 unspecified atom stereocenters. The Hall–Kier alpha value is -4.77. The molecule has 0 spiro atoms. The summed E-state index contributed by atoms with van der Waals surface area (Å²) >= 11 is 1.38. The van der Waals surface area contributed by atoms with Crippen LogP contribution >= 0.6 is 11.3 Å². The Kier molecular flexibility index (Phi) is 9.87. The summed E-state index contributed by atoms with van der Waals surface area (Å²) in [7, 11) is 1.58. The molecule has 0 aliphatic rings. The first-order valence-corrected chi connectivity index (χ1v) is 14.2. The number of benzene rings is 2. The zero-order chi connectivity index (χ0) is 30.2. The third kappa shape index (κ3) is 6.74. The van der Waals surface area contributed by atoms with Crippen molar-refractivity contribution >= 4 is 34.7 Å². The number of anilines is 1. The van der Waals surface area contributed by atoms with Crippen molar-refractivity contribution in [3.05, 3.63) is 104 Å². The highest BCUT2D eigenvalue weighted by Gasteiger charge is 2.31. The number of pyridine rings is 1. The highest BCUT2D eigenvalue weighted by molar-refractivity contribution is 7.13. The number of carbonyl (C=O) groups is 2. The van der Waals surface area contributed by atoms with E-state index in [1.165, 1.54) is 23.5 Å². The number of nitrogens with zero attached hydrogens (tertiary/aromatic N) is 2. The molecule has 1 atom stereocenters. The van der Waals surface area contributed by atoms with Crippen LogP contribution in [0.15, 0.2) is 66.0 Å². The van der Waals surface area contributed by atoms with Crippen molar-refractivity contribution in [2.75, 3.05) is 25.6 Å². The quantitative estimate of drug-likeness (QED) is 0.108. The summed E-state index contributed by atoms with van der Waals surface area (Å²) < 4.78 is 16.1. The van der Waals surface area contributed by atoms with Gasteiger partial charge >= 0.3 is 11.9 Å². The zero-order valence-electron chi connectivity index (χ0n) is 23.7. The number of aromatic nitrogens is 1. The van der Waals surface area contributed by atoms with Gasteiger partial charge in [0.05, 0.1) is 53.8 Å². The molecule has 4 rings (SSSR count). The lowest BCUT2D eigenvalue weighted by Gasteiger charge is -2.24. The summed E-state index contributed by atoms with van der Waals surface area (Å²) in [6.07, 6.45) is 0.195. The second kappa shape index (κ2) is 13.7. The molecule has 0 aliphatic carbocycles. The van der Waals surface area contributed by atoms with E-state index >= 15 is 0 Å². The van der Waals surface area contributed by atoms with Gasteiger partial charge in [-0.25, -0.2) is 9.59 Å². The van der Waals surface area contributed by atoms with Gasteiger partial charge in [0.1, 0.15) is 5.75 Å². The van der Waals surface area contributed by atoms with Crippen LogP contribution in [0.25, 0.3) is 10.4 Å². The van der Waals surface area contributed by atoms with Gasteiger partial charge in [-0.05, 0) is 62.0 Å². The largest absolute Gasteiger partial charge is 0.497 e. The fourth-order valence-electron chi connectivity index (χ4n) is 4.62. The zero-order valence-corrected chi connectivity index (χ0v) is 24.5. The lowest BCUT2D eigenvalue weighted by atomic mass is 9.92. The molecule has 0 radical (unpaired) electrons. The first-order chi connectivity index (χ1) is 20.3. The van der Waals surface area contributed by atoms with E-state index in [9.17, 15) is 19.7 Å². The smallest absolute Gasteiger partial charge is 0.340 e. The molecule has 0 aliphatic heterocycles. The number of hydrogen-bond acceptors (Lipinski definition) is 10.